The summed E-state index contributed by atoms with van der Waals surface area (Å²) in [7, 11) is 0. The predicted molar refractivity (Wildman–Crippen MR) is 70.1 cm³/mol. The summed E-state index contributed by atoms with van der Waals surface area (Å²) >= 11 is 1.25. The molecule has 1 aromatic rings. The van der Waals surface area contributed by atoms with Crippen molar-refractivity contribution in [2.24, 2.45) is 5.41 Å². The van der Waals surface area contributed by atoms with Gasteiger partial charge in [-0.1, -0.05) is 18.3 Å². The fourth-order valence-electron chi connectivity index (χ4n) is 2.25. The highest BCUT2D eigenvalue weighted by Gasteiger charge is 2.40. The van der Waals surface area contributed by atoms with E-state index in [1.54, 1.807) is 10.4 Å². The van der Waals surface area contributed by atoms with Crippen molar-refractivity contribution in [3.8, 4) is 0 Å². The molecule has 2 rings (SSSR count). The molecule has 0 bridgehead atoms. The maximum atomic E-state index is 11.9. The van der Waals surface area contributed by atoms with Crippen LogP contribution in [0.3, 0.4) is 0 Å². The Kier molecular flexibility index (Phi) is 3.98. The van der Waals surface area contributed by atoms with Crippen LogP contribution in [0.4, 0.5) is 9.93 Å². The molecule has 0 radical (unpaired) electrons. The summed E-state index contributed by atoms with van der Waals surface area (Å²) in [4.78, 5) is 24.9. The average Bonchev–Trinajstić information content (AvgIpc) is 2.91. The zero-order chi connectivity index (χ0) is 13.9. The number of likely N-dealkylation sites (tertiary alicyclic amines) is 1. The van der Waals surface area contributed by atoms with Crippen LogP contribution in [0, 0.1) is 5.41 Å². The van der Waals surface area contributed by atoms with Gasteiger partial charge in [0.15, 0.2) is 0 Å². The van der Waals surface area contributed by atoms with Gasteiger partial charge in [-0.3, -0.25) is 10.1 Å². The van der Waals surface area contributed by atoms with E-state index in [9.17, 15) is 14.7 Å². The van der Waals surface area contributed by atoms with Crippen molar-refractivity contribution >= 4 is 28.5 Å². The van der Waals surface area contributed by atoms with Crippen molar-refractivity contribution in [1.82, 2.24) is 15.1 Å². The molecule has 0 atom stereocenters. The number of urea groups is 1. The van der Waals surface area contributed by atoms with E-state index in [4.69, 9.17) is 0 Å². The summed E-state index contributed by atoms with van der Waals surface area (Å²) in [5.74, 6) is -0.765. The van der Waals surface area contributed by atoms with Crippen molar-refractivity contribution in [3.05, 3.63) is 5.51 Å². The highest BCUT2D eigenvalue weighted by Crippen LogP contribution is 2.35. The Balaban J connectivity index is 1.92. The minimum absolute atomic E-state index is 0.244. The van der Waals surface area contributed by atoms with Crippen molar-refractivity contribution in [3.63, 3.8) is 0 Å². The van der Waals surface area contributed by atoms with E-state index in [1.807, 2.05) is 6.92 Å². The maximum Gasteiger partial charge on any atom is 0.323 e. The molecule has 0 aliphatic carbocycles. The van der Waals surface area contributed by atoms with Gasteiger partial charge in [-0.05, 0) is 19.3 Å². The molecule has 1 fully saturated rings. The first kappa shape index (κ1) is 13.7. The third-order valence-electron chi connectivity index (χ3n) is 3.71. The van der Waals surface area contributed by atoms with Gasteiger partial charge in [0.2, 0.25) is 5.13 Å². The van der Waals surface area contributed by atoms with Crippen LogP contribution in [0.15, 0.2) is 5.51 Å². The Morgan fingerprint density at radius 1 is 1.53 bits per heavy atom. The first-order chi connectivity index (χ1) is 9.07. The fourth-order valence-corrected chi connectivity index (χ4v) is 2.69. The third-order valence-corrected chi connectivity index (χ3v) is 4.32. The molecule has 0 saturated carbocycles. The number of piperidine rings is 1. The lowest BCUT2D eigenvalue weighted by Crippen LogP contribution is -2.47. The Bertz CT molecular complexity index is 455. The molecule has 1 aliphatic heterocycles. The van der Waals surface area contributed by atoms with Gasteiger partial charge in [0.1, 0.15) is 5.51 Å². The molecule has 1 aliphatic rings. The second-order valence-electron chi connectivity index (χ2n) is 4.60. The molecule has 8 heteroatoms. The number of carbonyl (C=O) groups excluding carboxylic acids is 1. The predicted octanol–water partition coefficient (Wildman–Crippen LogP) is 1.65. The number of anilines is 1. The van der Waals surface area contributed by atoms with Crippen LogP contribution >= 0.6 is 11.3 Å². The summed E-state index contributed by atoms with van der Waals surface area (Å²) in [6, 6.07) is -0.244. The highest BCUT2D eigenvalue weighted by molar-refractivity contribution is 7.13. The van der Waals surface area contributed by atoms with Crippen LogP contribution in [0.1, 0.15) is 26.2 Å². The molecule has 1 aromatic heterocycles. The summed E-state index contributed by atoms with van der Waals surface area (Å²) in [5.41, 5.74) is 0.859. The molecule has 0 spiro atoms. The molecule has 2 amide bonds. The van der Waals surface area contributed by atoms with E-state index < -0.39 is 11.4 Å². The Morgan fingerprint density at radius 2 is 2.21 bits per heavy atom. The van der Waals surface area contributed by atoms with Crippen LogP contribution in [0.2, 0.25) is 0 Å². The van der Waals surface area contributed by atoms with Crippen LogP contribution in [0.25, 0.3) is 0 Å². The molecular weight excluding hydrogens is 268 g/mol. The fraction of sp³-hybridized carbons (Fsp3) is 0.636. The molecular formula is C11H16N4O3S. The van der Waals surface area contributed by atoms with Gasteiger partial charge >= 0.3 is 12.0 Å². The van der Waals surface area contributed by atoms with Gasteiger partial charge in [-0.15, -0.1) is 10.2 Å². The standard InChI is InChI=1S/C11H16N4O3S/c1-2-11(8(16)17)3-5-15(6-4-11)10(18)13-9-14-12-7-19-9/h7H,2-6H2,1H3,(H,16,17)(H,13,14,18). The Morgan fingerprint density at radius 3 is 2.68 bits per heavy atom. The number of aliphatic carboxylic acids is 1. The van der Waals surface area contributed by atoms with Crippen LogP contribution < -0.4 is 5.32 Å². The van der Waals surface area contributed by atoms with E-state index in [2.05, 4.69) is 15.5 Å². The summed E-state index contributed by atoms with van der Waals surface area (Å²) in [6.07, 6.45) is 1.57. The summed E-state index contributed by atoms with van der Waals surface area (Å²) in [6.45, 7) is 2.78. The molecule has 19 heavy (non-hydrogen) atoms. The number of aromatic nitrogens is 2. The van der Waals surface area contributed by atoms with E-state index in [0.717, 1.165) is 0 Å². The SMILES string of the molecule is CCC1(C(=O)O)CCN(C(=O)Nc2nncs2)CC1. The molecule has 1 saturated heterocycles. The van der Waals surface area contributed by atoms with Crippen LogP contribution in [-0.2, 0) is 4.79 Å². The number of hydrogen-bond acceptors (Lipinski definition) is 5. The van der Waals surface area contributed by atoms with E-state index >= 15 is 0 Å². The largest absolute Gasteiger partial charge is 0.481 e. The number of nitrogens with zero attached hydrogens (tertiary/aromatic N) is 3. The van der Waals surface area contributed by atoms with Gasteiger partial charge < -0.3 is 10.0 Å². The van der Waals surface area contributed by atoms with Gasteiger partial charge in [0.05, 0.1) is 5.41 Å². The van der Waals surface area contributed by atoms with Crippen molar-refractivity contribution in [1.29, 1.82) is 0 Å². The number of carboxylic acid groups (broad SMARTS) is 1. The number of carboxylic acids is 1. The van der Waals surface area contributed by atoms with Crippen molar-refractivity contribution in [2.75, 3.05) is 18.4 Å². The Hall–Kier alpha value is -1.70. The third kappa shape index (κ3) is 2.83. The van der Waals surface area contributed by atoms with E-state index in [0.29, 0.717) is 37.5 Å². The normalized spacial score (nSPS) is 18.1. The van der Waals surface area contributed by atoms with E-state index in [1.165, 1.54) is 11.3 Å². The van der Waals surface area contributed by atoms with Gasteiger partial charge in [-0.2, -0.15) is 0 Å². The number of amides is 2. The minimum Gasteiger partial charge on any atom is -0.481 e. The number of rotatable bonds is 3. The molecule has 2 N–H and O–H groups in total. The molecule has 0 unspecified atom stereocenters. The lowest BCUT2D eigenvalue weighted by molar-refractivity contribution is -0.151. The highest BCUT2D eigenvalue weighted by atomic mass is 32.1. The maximum absolute atomic E-state index is 11.9. The second kappa shape index (κ2) is 5.52. The first-order valence-corrected chi connectivity index (χ1v) is 7.01. The van der Waals surface area contributed by atoms with Gasteiger partial charge in [0, 0.05) is 13.1 Å². The zero-order valence-electron chi connectivity index (χ0n) is 10.6. The monoisotopic (exact) mass is 284 g/mol. The lowest BCUT2D eigenvalue weighted by Gasteiger charge is -2.38. The number of carbonyl (C=O) groups is 2. The Labute approximate surface area is 114 Å². The van der Waals surface area contributed by atoms with Crippen LogP contribution in [0.5, 0.6) is 0 Å². The van der Waals surface area contributed by atoms with Crippen molar-refractivity contribution < 1.29 is 14.7 Å². The van der Waals surface area contributed by atoms with Gasteiger partial charge in [-0.25, -0.2) is 4.79 Å². The summed E-state index contributed by atoms with van der Waals surface area (Å²) < 4.78 is 0. The first-order valence-electron chi connectivity index (χ1n) is 6.13. The van der Waals surface area contributed by atoms with Crippen molar-refractivity contribution in [2.45, 2.75) is 26.2 Å². The zero-order valence-corrected chi connectivity index (χ0v) is 11.4. The minimum atomic E-state index is -0.765. The summed E-state index contributed by atoms with van der Waals surface area (Å²) in [5, 5.41) is 19.8. The second-order valence-corrected chi connectivity index (χ2v) is 5.43. The molecule has 104 valence electrons. The number of nitrogens with one attached hydrogen (secondary N) is 1. The molecule has 7 nitrogen and oxygen atoms in total. The van der Waals surface area contributed by atoms with E-state index in [-0.39, 0.29) is 6.03 Å². The van der Waals surface area contributed by atoms with Crippen LogP contribution in [-0.4, -0.2) is 45.3 Å². The molecule has 2 heterocycles. The lowest BCUT2D eigenvalue weighted by atomic mass is 9.76. The smallest absolute Gasteiger partial charge is 0.323 e. The van der Waals surface area contributed by atoms with Gasteiger partial charge in [0.25, 0.3) is 0 Å². The molecule has 0 aromatic carbocycles. The number of hydrogen-bond donors (Lipinski definition) is 2. The average molecular weight is 284 g/mol. The topological polar surface area (TPSA) is 95.4 Å². The quantitative estimate of drug-likeness (QED) is 0.879.